The third kappa shape index (κ3) is 4.33. The Morgan fingerprint density at radius 3 is 2.94 bits per heavy atom. The van der Waals surface area contributed by atoms with E-state index in [1.54, 1.807) is 11.3 Å². The van der Waals surface area contributed by atoms with Crippen molar-refractivity contribution in [2.24, 2.45) is 5.73 Å². The molecular formula is C12H20N2OS. The minimum absolute atomic E-state index is 0.0374. The van der Waals surface area contributed by atoms with E-state index >= 15 is 0 Å². The number of hydrogen-bond acceptors (Lipinski definition) is 3. The number of thiophene rings is 1. The van der Waals surface area contributed by atoms with E-state index in [9.17, 15) is 4.79 Å². The maximum atomic E-state index is 11.6. The molecule has 1 unspecified atom stereocenters. The van der Waals surface area contributed by atoms with Gasteiger partial charge in [-0.25, -0.2) is 0 Å². The van der Waals surface area contributed by atoms with Crippen molar-refractivity contribution in [1.82, 2.24) is 5.32 Å². The minimum Gasteiger partial charge on any atom is -0.352 e. The molecule has 0 saturated carbocycles. The smallest absolute Gasteiger partial charge is 0.237 e. The molecule has 0 aromatic carbocycles. The van der Waals surface area contributed by atoms with Gasteiger partial charge in [0.1, 0.15) is 0 Å². The average Bonchev–Trinajstić information content (AvgIpc) is 2.70. The summed E-state index contributed by atoms with van der Waals surface area (Å²) in [5.41, 5.74) is 7.01. The van der Waals surface area contributed by atoms with Crippen molar-refractivity contribution in [3.05, 3.63) is 22.4 Å². The van der Waals surface area contributed by atoms with E-state index < -0.39 is 0 Å². The van der Waals surface area contributed by atoms with Crippen molar-refractivity contribution >= 4 is 17.2 Å². The Balaban J connectivity index is 2.33. The molecule has 1 aromatic heterocycles. The van der Waals surface area contributed by atoms with E-state index in [1.165, 1.54) is 5.56 Å². The summed E-state index contributed by atoms with van der Waals surface area (Å²) in [6, 6.07) is 1.86. The zero-order valence-electron chi connectivity index (χ0n) is 9.90. The zero-order chi connectivity index (χ0) is 12.0. The van der Waals surface area contributed by atoms with Gasteiger partial charge in [-0.2, -0.15) is 11.3 Å². The van der Waals surface area contributed by atoms with Gasteiger partial charge in [-0.1, -0.05) is 13.3 Å². The van der Waals surface area contributed by atoms with Gasteiger partial charge in [0.25, 0.3) is 0 Å². The highest BCUT2D eigenvalue weighted by Gasteiger charge is 2.14. The van der Waals surface area contributed by atoms with Crippen LogP contribution < -0.4 is 11.1 Å². The summed E-state index contributed by atoms with van der Waals surface area (Å²) >= 11 is 1.68. The number of rotatable bonds is 6. The lowest BCUT2D eigenvalue weighted by atomic mass is 10.1. The second kappa shape index (κ2) is 6.66. The molecule has 1 amide bonds. The summed E-state index contributed by atoms with van der Waals surface area (Å²) in [7, 11) is 0. The molecule has 2 atom stereocenters. The number of carbonyl (C=O) groups is 1. The fourth-order valence-corrected chi connectivity index (χ4v) is 2.29. The van der Waals surface area contributed by atoms with E-state index in [0.29, 0.717) is 0 Å². The number of carbonyl (C=O) groups excluding carboxylic acids is 1. The summed E-state index contributed by atoms with van der Waals surface area (Å²) in [5, 5.41) is 7.10. The van der Waals surface area contributed by atoms with Crippen LogP contribution in [-0.2, 0) is 11.2 Å². The van der Waals surface area contributed by atoms with Crippen LogP contribution in [0.4, 0.5) is 0 Å². The van der Waals surface area contributed by atoms with Gasteiger partial charge < -0.3 is 11.1 Å². The van der Waals surface area contributed by atoms with Crippen LogP contribution in [0.3, 0.4) is 0 Å². The Bertz CT molecular complexity index is 311. The molecule has 1 rings (SSSR count). The van der Waals surface area contributed by atoms with Crippen molar-refractivity contribution in [1.29, 1.82) is 0 Å². The summed E-state index contributed by atoms with van der Waals surface area (Å²) in [6.45, 7) is 4.04. The number of nitrogens with two attached hydrogens (primary N) is 1. The predicted octanol–water partition coefficient (Wildman–Crippen LogP) is 1.92. The molecule has 0 spiro atoms. The highest BCUT2D eigenvalue weighted by Crippen LogP contribution is 2.08. The van der Waals surface area contributed by atoms with Gasteiger partial charge in [-0.05, 0) is 42.2 Å². The molecule has 0 aliphatic heterocycles. The Morgan fingerprint density at radius 2 is 2.38 bits per heavy atom. The lowest BCUT2D eigenvalue weighted by molar-refractivity contribution is -0.123. The highest BCUT2D eigenvalue weighted by molar-refractivity contribution is 7.07. The molecule has 0 aliphatic carbocycles. The van der Waals surface area contributed by atoms with E-state index in [4.69, 9.17) is 5.73 Å². The molecule has 0 aliphatic rings. The van der Waals surface area contributed by atoms with Crippen molar-refractivity contribution < 1.29 is 4.79 Å². The highest BCUT2D eigenvalue weighted by atomic mass is 32.1. The van der Waals surface area contributed by atoms with Gasteiger partial charge in [0.15, 0.2) is 0 Å². The standard InChI is InChI=1S/C12H20N2OS/c1-3-4-11(13)12(15)14-9(2)7-10-5-6-16-8-10/h5-6,8-9,11H,3-4,7,13H2,1-2H3,(H,14,15)/t9?,11-/m0/s1. The van der Waals surface area contributed by atoms with Gasteiger partial charge in [-0.15, -0.1) is 0 Å². The molecule has 1 aromatic rings. The van der Waals surface area contributed by atoms with E-state index in [1.807, 2.05) is 19.2 Å². The lowest BCUT2D eigenvalue weighted by Crippen LogP contribution is -2.44. The van der Waals surface area contributed by atoms with Gasteiger partial charge in [0.2, 0.25) is 5.91 Å². The summed E-state index contributed by atoms with van der Waals surface area (Å²) in [4.78, 5) is 11.6. The van der Waals surface area contributed by atoms with E-state index in [-0.39, 0.29) is 18.0 Å². The van der Waals surface area contributed by atoms with Crippen LogP contribution in [0.15, 0.2) is 16.8 Å². The maximum Gasteiger partial charge on any atom is 0.237 e. The second-order valence-corrected chi connectivity index (χ2v) is 4.92. The predicted molar refractivity (Wildman–Crippen MR) is 68.5 cm³/mol. The van der Waals surface area contributed by atoms with Crippen LogP contribution in [0.2, 0.25) is 0 Å². The average molecular weight is 240 g/mol. The third-order valence-corrected chi connectivity index (χ3v) is 3.18. The largest absolute Gasteiger partial charge is 0.352 e. The maximum absolute atomic E-state index is 11.6. The Labute approximate surface area is 101 Å². The lowest BCUT2D eigenvalue weighted by Gasteiger charge is -2.16. The van der Waals surface area contributed by atoms with Gasteiger partial charge in [0.05, 0.1) is 6.04 Å². The molecule has 0 bridgehead atoms. The summed E-state index contributed by atoms with van der Waals surface area (Å²) in [5.74, 6) is -0.0374. The molecule has 3 nitrogen and oxygen atoms in total. The monoisotopic (exact) mass is 240 g/mol. The minimum atomic E-state index is -0.366. The Kier molecular flexibility index (Phi) is 5.49. The van der Waals surface area contributed by atoms with Gasteiger partial charge >= 0.3 is 0 Å². The molecule has 4 heteroatoms. The Hall–Kier alpha value is -0.870. The van der Waals surface area contributed by atoms with Crippen LogP contribution in [-0.4, -0.2) is 18.0 Å². The first kappa shape index (κ1) is 13.2. The molecule has 1 heterocycles. The number of amides is 1. The van der Waals surface area contributed by atoms with Crippen molar-refractivity contribution in [3.63, 3.8) is 0 Å². The first-order valence-corrected chi connectivity index (χ1v) is 6.64. The van der Waals surface area contributed by atoms with Gasteiger partial charge in [-0.3, -0.25) is 4.79 Å². The van der Waals surface area contributed by atoms with Crippen molar-refractivity contribution in [3.8, 4) is 0 Å². The van der Waals surface area contributed by atoms with Crippen LogP contribution in [0.1, 0.15) is 32.3 Å². The second-order valence-electron chi connectivity index (χ2n) is 4.14. The molecule has 90 valence electrons. The molecule has 0 fully saturated rings. The van der Waals surface area contributed by atoms with E-state index in [0.717, 1.165) is 19.3 Å². The van der Waals surface area contributed by atoms with Crippen molar-refractivity contribution in [2.45, 2.75) is 45.2 Å². The zero-order valence-corrected chi connectivity index (χ0v) is 10.7. The third-order valence-electron chi connectivity index (χ3n) is 2.45. The molecule has 3 N–H and O–H groups in total. The number of hydrogen-bond donors (Lipinski definition) is 2. The van der Waals surface area contributed by atoms with Crippen LogP contribution in [0.5, 0.6) is 0 Å². The van der Waals surface area contributed by atoms with Crippen LogP contribution in [0.25, 0.3) is 0 Å². The van der Waals surface area contributed by atoms with E-state index in [2.05, 4.69) is 16.8 Å². The summed E-state index contributed by atoms with van der Waals surface area (Å²) < 4.78 is 0. The SMILES string of the molecule is CCC[C@H](N)C(=O)NC(C)Cc1ccsc1. The van der Waals surface area contributed by atoms with Gasteiger partial charge in [0, 0.05) is 6.04 Å². The fourth-order valence-electron chi connectivity index (χ4n) is 1.61. The molecule has 16 heavy (non-hydrogen) atoms. The van der Waals surface area contributed by atoms with Crippen LogP contribution in [0, 0.1) is 0 Å². The first-order valence-electron chi connectivity index (χ1n) is 5.70. The molecular weight excluding hydrogens is 220 g/mol. The molecule has 0 radical (unpaired) electrons. The van der Waals surface area contributed by atoms with Crippen LogP contribution >= 0.6 is 11.3 Å². The normalized spacial score (nSPS) is 14.4. The quantitative estimate of drug-likeness (QED) is 0.798. The van der Waals surface area contributed by atoms with Crippen molar-refractivity contribution in [2.75, 3.05) is 0 Å². The summed E-state index contributed by atoms with van der Waals surface area (Å²) in [6.07, 6.45) is 2.55. The Morgan fingerprint density at radius 1 is 1.62 bits per heavy atom. The topological polar surface area (TPSA) is 55.1 Å². The first-order chi connectivity index (χ1) is 7.63. The fraction of sp³-hybridized carbons (Fsp3) is 0.583. The molecule has 0 saturated heterocycles. The number of nitrogens with one attached hydrogen (secondary N) is 1.